The van der Waals surface area contributed by atoms with Crippen molar-refractivity contribution in [2.75, 3.05) is 13.2 Å². The zero-order valence-corrected chi connectivity index (χ0v) is 11.4. The van der Waals surface area contributed by atoms with E-state index in [-0.39, 0.29) is 18.0 Å². The van der Waals surface area contributed by atoms with Crippen molar-refractivity contribution in [1.29, 1.82) is 0 Å². The Bertz CT molecular complexity index is 571. The summed E-state index contributed by atoms with van der Waals surface area (Å²) in [5.41, 5.74) is 0.504. The molecule has 0 spiro atoms. The van der Waals surface area contributed by atoms with Gasteiger partial charge < -0.3 is 10.1 Å². The molecule has 0 fully saturated rings. The van der Waals surface area contributed by atoms with E-state index < -0.39 is 23.5 Å². The Balaban J connectivity index is 2.60. The van der Waals surface area contributed by atoms with Gasteiger partial charge in [-0.2, -0.15) is 0 Å². The Labute approximate surface area is 120 Å². The lowest BCUT2D eigenvalue weighted by Crippen LogP contribution is -2.41. The van der Waals surface area contributed by atoms with Gasteiger partial charge in [0.25, 0.3) is 5.91 Å². The Morgan fingerprint density at radius 2 is 2.19 bits per heavy atom. The molecule has 2 N–H and O–H groups in total. The van der Waals surface area contributed by atoms with Crippen molar-refractivity contribution in [2.45, 2.75) is 6.92 Å². The van der Waals surface area contributed by atoms with Crippen molar-refractivity contribution in [2.24, 2.45) is 0 Å². The van der Waals surface area contributed by atoms with Crippen LogP contribution in [0.2, 0.25) is 0 Å². The first kappa shape index (κ1) is 16.2. The summed E-state index contributed by atoms with van der Waals surface area (Å²) in [7, 11) is 0. The van der Waals surface area contributed by atoms with Crippen LogP contribution in [0.3, 0.4) is 0 Å². The summed E-state index contributed by atoms with van der Waals surface area (Å²) in [6, 6.07) is 3.61. The van der Waals surface area contributed by atoms with Crippen molar-refractivity contribution < 1.29 is 19.2 Å². The van der Waals surface area contributed by atoms with Gasteiger partial charge in [0.1, 0.15) is 0 Å². The Morgan fingerprint density at radius 1 is 1.48 bits per heavy atom. The van der Waals surface area contributed by atoms with Crippen molar-refractivity contribution in [3.05, 3.63) is 46.5 Å². The summed E-state index contributed by atoms with van der Waals surface area (Å²) < 4.78 is 5.09. The number of imide groups is 1. The number of ether oxygens (including phenoxy) is 1. The van der Waals surface area contributed by atoms with E-state index in [1.54, 1.807) is 13.0 Å². The first-order valence-corrected chi connectivity index (χ1v) is 6.00. The maximum atomic E-state index is 11.5. The highest BCUT2D eigenvalue weighted by molar-refractivity contribution is 5.95. The SMILES string of the molecule is C=CCNC(=O)NC(=O)COc1cc(C)ccc1[N+](=O)[O-]. The molecular weight excluding hydrogens is 278 g/mol. The molecule has 0 aliphatic heterocycles. The van der Waals surface area contributed by atoms with E-state index in [0.717, 1.165) is 5.56 Å². The molecule has 1 aromatic rings. The lowest BCUT2D eigenvalue weighted by atomic mass is 10.2. The van der Waals surface area contributed by atoms with Crippen molar-refractivity contribution in [3.8, 4) is 5.75 Å². The normalized spacial score (nSPS) is 9.57. The summed E-state index contributed by atoms with van der Waals surface area (Å²) >= 11 is 0. The summed E-state index contributed by atoms with van der Waals surface area (Å²) in [5.74, 6) is -0.742. The van der Waals surface area contributed by atoms with Gasteiger partial charge in [-0.15, -0.1) is 6.58 Å². The molecule has 0 unspecified atom stereocenters. The third-order valence-electron chi connectivity index (χ3n) is 2.33. The lowest BCUT2D eigenvalue weighted by molar-refractivity contribution is -0.385. The third-order valence-corrected chi connectivity index (χ3v) is 2.33. The summed E-state index contributed by atoms with van der Waals surface area (Å²) in [6.45, 7) is 4.85. The van der Waals surface area contributed by atoms with Crippen LogP contribution in [0.25, 0.3) is 0 Å². The van der Waals surface area contributed by atoms with Gasteiger partial charge in [-0.1, -0.05) is 12.1 Å². The van der Waals surface area contributed by atoms with E-state index in [0.29, 0.717) is 0 Å². The highest BCUT2D eigenvalue weighted by atomic mass is 16.6. The number of urea groups is 1. The van der Waals surface area contributed by atoms with Crippen LogP contribution in [0.1, 0.15) is 5.56 Å². The maximum absolute atomic E-state index is 11.5. The lowest BCUT2D eigenvalue weighted by Gasteiger charge is -2.08. The molecule has 0 saturated carbocycles. The van der Waals surface area contributed by atoms with Gasteiger partial charge in [-0.05, 0) is 18.6 Å². The molecule has 0 atom stereocenters. The Kier molecular flexibility index (Phi) is 5.87. The van der Waals surface area contributed by atoms with E-state index in [1.807, 2.05) is 5.32 Å². The summed E-state index contributed by atoms with van der Waals surface area (Å²) in [4.78, 5) is 32.9. The van der Waals surface area contributed by atoms with E-state index in [4.69, 9.17) is 4.74 Å². The minimum atomic E-state index is -0.715. The second kappa shape index (κ2) is 7.63. The number of nitrogens with one attached hydrogen (secondary N) is 2. The number of amides is 3. The molecule has 112 valence electrons. The number of nitro benzene ring substituents is 1. The first-order valence-electron chi connectivity index (χ1n) is 6.00. The van der Waals surface area contributed by atoms with Crippen molar-refractivity contribution in [1.82, 2.24) is 10.6 Å². The predicted octanol–water partition coefficient (Wildman–Crippen LogP) is 1.29. The monoisotopic (exact) mass is 293 g/mol. The van der Waals surface area contributed by atoms with Crippen LogP contribution in [0, 0.1) is 17.0 Å². The van der Waals surface area contributed by atoms with Crippen LogP contribution >= 0.6 is 0 Å². The van der Waals surface area contributed by atoms with Gasteiger partial charge in [0.2, 0.25) is 0 Å². The smallest absolute Gasteiger partial charge is 0.321 e. The minimum absolute atomic E-state index is 0.0263. The van der Waals surface area contributed by atoms with Crippen LogP contribution in [-0.2, 0) is 4.79 Å². The number of carbonyl (C=O) groups is 2. The topological polar surface area (TPSA) is 111 Å². The zero-order valence-electron chi connectivity index (χ0n) is 11.4. The molecule has 1 aromatic carbocycles. The molecule has 0 radical (unpaired) electrons. The fourth-order valence-corrected chi connectivity index (χ4v) is 1.40. The van der Waals surface area contributed by atoms with E-state index in [2.05, 4.69) is 11.9 Å². The number of nitrogens with zero attached hydrogens (tertiary/aromatic N) is 1. The molecule has 0 aromatic heterocycles. The van der Waals surface area contributed by atoms with Crippen LogP contribution in [-0.4, -0.2) is 30.0 Å². The van der Waals surface area contributed by atoms with Crippen LogP contribution in [0.4, 0.5) is 10.5 Å². The average Bonchev–Trinajstić information content (AvgIpc) is 2.42. The van der Waals surface area contributed by atoms with E-state index in [9.17, 15) is 19.7 Å². The minimum Gasteiger partial charge on any atom is -0.477 e. The van der Waals surface area contributed by atoms with Gasteiger partial charge >= 0.3 is 11.7 Å². The molecule has 8 nitrogen and oxygen atoms in total. The number of rotatable bonds is 6. The van der Waals surface area contributed by atoms with Crippen molar-refractivity contribution >= 4 is 17.6 Å². The molecular formula is C13H15N3O5. The first-order chi connectivity index (χ1) is 9.93. The largest absolute Gasteiger partial charge is 0.477 e. The zero-order chi connectivity index (χ0) is 15.8. The molecule has 0 saturated heterocycles. The fraction of sp³-hybridized carbons (Fsp3) is 0.231. The summed E-state index contributed by atoms with van der Waals surface area (Å²) in [5, 5.41) is 15.2. The second-order valence-corrected chi connectivity index (χ2v) is 4.06. The molecule has 0 heterocycles. The standard InChI is InChI=1S/C13H15N3O5/c1-3-6-14-13(18)15-12(17)8-21-11-7-9(2)4-5-10(11)16(19)20/h3-5,7H,1,6,8H2,2H3,(H2,14,15,17,18). The molecule has 8 heteroatoms. The molecule has 21 heavy (non-hydrogen) atoms. The van der Waals surface area contributed by atoms with Gasteiger partial charge in [-0.25, -0.2) is 4.79 Å². The van der Waals surface area contributed by atoms with Crippen LogP contribution in [0.5, 0.6) is 5.75 Å². The quantitative estimate of drug-likeness (QED) is 0.466. The molecule has 1 rings (SSSR count). The molecule has 0 aliphatic carbocycles. The molecule has 0 bridgehead atoms. The highest BCUT2D eigenvalue weighted by Crippen LogP contribution is 2.27. The number of hydrogen-bond acceptors (Lipinski definition) is 5. The highest BCUT2D eigenvalue weighted by Gasteiger charge is 2.16. The van der Waals surface area contributed by atoms with Gasteiger partial charge in [-0.3, -0.25) is 20.2 Å². The second-order valence-electron chi connectivity index (χ2n) is 4.06. The number of nitro groups is 1. The Hall–Kier alpha value is -2.90. The number of carbonyl (C=O) groups excluding carboxylic acids is 2. The third kappa shape index (κ3) is 5.31. The predicted molar refractivity (Wildman–Crippen MR) is 75.1 cm³/mol. The van der Waals surface area contributed by atoms with Gasteiger partial charge in [0.15, 0.2) is 12.4 Å². The molecule has 3 amide bonds. The number of hydrogen-bond donors (Lipinski definition) is 2. The van der Waals surface area contributed by atoms with Crippen molar-refractivity contribution in [3.63, 3.8) is 0 Å². The molecule has 0 aliphatic rings. The fourth-order valence-electron chi connectivity index (χ4n) is 1.40. The average molecular weight is 293 g/mol. The van der Waals surface area contributed by atoms with Gasteiger partial charge in [0.05, 0.1) is 4.92 Å². The Morgan fingerprint density at radius 3 is 2.81 bits per heavy atom. The van der Waals surface area contributed by atoms with Gasteiger partial charge in [0, 0.05) is 12.6 Å². The van der Waals surface area contributed by atoms with E-state index >= 15 is 0 Å². The number of aryl methyl sites for hydroxylation is 1. The van der Waals surface area contributed by atoms with Crippen LogP contribution in [0.15, 0.2) is 30.9 Å². The summed E-state index contributed by atoms with van der Waals surface area (Å²) in [6.07, 6.45) is 1.46. The number of benzene rings is 1. The van der Waals surface area contributed by atoms with Crippen LogP contribution < -0.4 is 15.4 Å². The maximum Gasteiger partial charge on any atom is 0.321 e. The van der Waals surface area contributed by atoms with E-state index in [1.165, 1.54) is 18.2 Å².